The van der Waals surface area contributed by atoms with E-state index in [-0.39, 0.29) is 6.04 Å². The summed E-state index contributed by atoms with van der Waals surface area (Å²) < 4.78 is 26.7. The molecule has 96 valence electrons. The van der Waals surface area contributed by atoms with Crippen LogP contribution in [0.5, 0.6) is 0 Å². The monoisotopic (exact) mass is 319 g/mol. The van der Waals surface area contributed by atoms with Gasteiger partial charge < -0.3 is 0 Å². The van der Waals surface area contributed by atoms with Crippen LogP contribution < -0.4 is 4.72 Å². The van der Waals surface area contributed by atoms with Gasteiger partial charge >= 0.3 is 0 Å². The van der Waals surface area contributed by atoms with Crippen molar-refractivity contribution >= 4 is 26.0 Å². The molecule has 0 spiro atoms. The normalized spacial score (nSPS) is 13.6. The van der Waals surface area contributed by atoms with Crippen LogP contribution >= 0.6 is 15.9 Å². The standard InChI is InChI=1S/C12H18BrNO2S/c1-10-5-7-12(8-6-10)17(15,16)14-11(2)4-3-9-13/h5-8,11,14H,3-4,9H2,1-2H3. The van der Waals surface area contributed by atoms with Crippen LogP contribution in [-0.4, -0.2) is 19.8 Å². The number of benzene rings is 1. The average molecular weight is 320 g/mol. The molecule has 0 aromatic heterocycles. The van der Waals surface area contributed by atoms with Crippen LogP contribution in [0.3, 0.4) is 0 Å². The first-order valence-corrected chi connectivity index (χ1v) is 8.21. The molecule has 0 aliphatic heterocycles. The molecule has 3 nitrogen and oxygen atoms in total. The van der Waals surface area contributed by atoms with E-state index >= 15 is 0 Å². The summed E-state index contributed by atoms with van der Waals surface area (Å²) in [6.07, 6.45) is 1.79. The molecule has 0 fully saturated rings. The van der Waals surface area contributed by atoms with Crippen molar-refractivity contribution in [2.45, 2.75) is 37.6 Å². The first kappa shape index (κ1) is 14.7. The predicted molar refractivity (Wildman–Crippen MR) is 74.0 cm³/mol. The number of alkyl halides is 1. The zero-order valence-corrected chi connectivity index (χ0v) is 12.5. The summed E-state index contributed by atoms with van der Waals surface area (Å²) in [5, 5.41) is 0.892. The number of nitrogens with one attached hydrogen (secondary N) is 1. The van der Waals surface area contributed by atoms with Gasteiger partial charge in [0.25, 0.3) is 0 Å². The van der Waals surface area contributed by atoms with Gasteiger partial charge in [0.2, 0.25) is 10.0 Å². The lowest BCUT2D eigenvalue weighted by Gasteiger charge is -2.13. The van der Waals surface area contributed by atoms with Crippen LogP contribution in [0, 0.1) is 6.92 Å². The molecule has 1 aromatic rings. The lowest BCUT2D eigenvalue weighted by molar-refractivity contribution is 0.545. The highest BCUT2D eigenvalue weighted by atomic mass is 79.9. The molecule has 0 saturated carbocycles. The van der Waals surface area contributed by atoms with Crippen molar-refractivity contribution in [3.8, 4) is 0 Å². The van der Waals surface area contributed by atoms with Crippen molar-refractivity contribution < 1.29 is 8.42 Å². The van der Waals surface area contributed by atoms with Gasteiger partial charge in [-0.2, -0.15) is 0 Å². The van der Waals surface area contributed by atoms with Gasteiger partial charge in [-0.25, -0.2) is 13.1 Å². The summed E-state index contributed by atoms with van der Waals surface area (Å²) in [6.45, 7) is 3.82. The zero-order chi connectivity index (χ0) is 12.9. The molecule has 1 atom stereocenters. The maximum atomic E-state index is 12.0. The summed E-state index contributed by atoms with van der Waals surface area (Å²) in [7, 11) is -3.37. The van der Waals surface area contributed by atoms with E-state index in [4.69, 9.17) is 0 Å². The Labute approximate surface area is 112 Å². The molecule has 1 rings (SSSR count). The van der Waals surface area contributed by atoms with Gasteiger partial charge in [0.1, 0.15) is 0 Å². The van der Waals surface area contributed by atoms with Crippen LogP contribution in [-0.2, 0) is 10.0 Å². The van der Waals surface area contributed by atoms with Gasteiger partial charge in [-0.1, -0.05) is 33.6 Å². The van der Waals surface area contributed by atoms with E-state index < -0.39 is 10.0 Å². The minimum Gasteiger partial charge on any atom is -0.208 e. The van der Waals surface area contributed by atoms with Crippen LogP contribution in [0.2, 0.25) is 0 Å². The Kier molecular flexibility index (Phi) is 5.62. The van der Waals surface area contributed by atoms with Gasteiger partial charge in [0.05, 0.1) is 4.90 Å². The van der Waals surface area contributed by atoms with Crippen molar-refractivity contribution in [3.05, 3.63) is 29.8 Å². The van der Waals surface area contributed by atoms with E-state index in [2.05, 4.69) is 20.7 Å². The second kappa shape index (κ2) is 6.52. The van der Waals surface area contributed by atoms with Gasteiger partial charge in [0.15, 0.2) is 0 Å². The Morgan fingerprint density at radius 3 is 2.41 bits per heavy atom. The number of rotatable bonds is 6. The first-order valence-electron chi connectivity index (χ1n) is 5.60. The van der Waals surface area contributed by atoms with Crippen molar-refractivity contribution in [1.29, 1.82) is 0 Å². The number of hydrogen-bond donors (Lipinski definition) is 1. The summed E-state index contributed by atoms with van der Waals surface area (Å²) in [5.74, 6) is 0. The highest BCUT2D eigenvalue weighted by Gasteiger charge is 2.16. The minimum atomic E-state index is -3.37. The number of sulfonamides is 1. The molecule has 0 radical (unpaired) electrons. The van der Waals surface area contributed by atoms with E-state index in [1.54, 1.807) is 24.3 Å². The number of halogens is 1. The van der Waals surface area contributed by atoms with Crippen molar-refractivity contribution in [1.82, 2.24) is 4.72 Å². The van der Waals surface area contributed by atoms with Crippen molar-refractivity contribution in [2.24, 2.45) is 0 Å². The van der Waals surface area contributed by atoms with Crippen molar-refractivity contribution in [2.75, 3.05) is 5.33 Å². The summed E-state index contributed by atoms with van der Waals surface area (Å²) in [6, 6.07) is 6.83. The SMILES string of the molecule is Cc1ccc(S(=O)(=O)NC(C)CCCBr)cc1. The van der Waals surface area contributed by atoms with E-state index in [1.807, 2.05) is 13.8 Å². The fourth-order valence-corrected chi connectivity index (χ4v) is 3.09. The Morgan fingerprint density at radius 2 is 1.88 bits per heavy atom. The molecule has 17 heavy (non-hydrogen) atoms. The molecule has 1 N–H and O–H groups in total. The molecule has 0 amide bonds. The average Bonchev–Trinajstić information content (AvgIpc) is 2.26. The molecule has 0 aliphatic carbocycles. The molecule has 1 unspecified atom stereocenters. The van der Waals surface area contributed by atoms with Gasteiger partial charge in [-0.3, -0.25) is 0 Å². The van der Waals surface area contributed by atoms with E-state index in [1.165, 1.54) is 0 Å². The maximum Gasteiger partial charge on any atom is 0.240 e. The molecule has 0 heterocycles. The van der Waals surface area contributed by atoms with Crippen LogP contribution in [0.25, 0.3) is 0 Å². The molecule has 1 aromatic carbocycles. The highest BCUT2D eigenvalue weighted by Crippen LogP contribution is 2.11. The van der Waals surface area contributed by atoms with Gasteiger partial charge in [-0.05, 0) is 38.8 Å². The molecule has 0 aliphatic rings. The molecular formula is C12H18BrNO2S. The predicted octanol–water partition coefficient (Wildman–Crippen LogP) is 2.84. The third-order valence-corrected chi connectivity index (χ3v) is 4.62. The van der Waals surface area contributed by atoms with Crippen molar-refractivity contribution in [3.63, 3.8) is 0 Å². The lowest BCUT2D eigenvalue weighted by atomic mass is 10.2. The molecule has 0 bridgehead atoms. The van der Waals surface area contributed by atoms with E-state index in [0.717, 1.165) is 23.7 Å². The second-order valence-electron chi connectivity index (χ2n) is 4.17. The lowest BCUT2D eigenvalue weighted by Crippen LogP contribution is -2.32. The quantitative estimate of drug-likeness (QED) is 0.819. The first-order chi connectivity index (χ1) is 7.95. The smallest absolute Gasteiger partial charge is 0.208 e. The summed E-state index contributed by atoms with van der Waals surface area (Å²) in [4.78, 5) is 0.328. The minimum absolute atomic E-state index is 0.0427. The van der Waals surface area contributed by atoms with Gasteiger partial charge in [0, 0.05) is 11.4 Å². The molecule has 5 heteroatoms. The fraction of sp³-hybridized carbons (Fsp3) is 0.500. The Bertz CT molecular complexity index is 442. The fourth-order valence-electron chi connectivity index (χ4n) is 1.49. The molecule has 0 saturated heterocycles. The second-order valence-corrected chi connectivity index (χ2v) is 6.67. The zero-order valence-electron chi connectivity index (χ0n) is 10.1. The Balaban J connectivity index is 2.71. The number of aryl methyl sites for hydroxylation is 1. The number of hydrogen-bond acceptors (Lipinski definition) is 2. The Morgan fingerprint density at radius 1 is 1.29 bits per heavy atom. The van der Waals surface area contributed by atoms with E-state index in [0.29, 0.717) is 4.90 Å². The highest BCUT2D eigenvalue weighted by molar-refractivity contribution is 9.09. The summed E-state index contributed by atoms with van der Waals surface area (Å²) in [5.41, 5.74) is 1.05. The Hall–Kier alpha value is -0.390. The van der Waals surface area contributed by atoms with Crippen LogP contribution in [0.1, 0.15) is 25.3 Å². The largest absolute Gasteiger partial charge is 0.240 e. The van der Waals surface area contributed by atoms with Crippen LogP contribution in [0.15, 0.2) is 29.2 Å². The third kappa shape index (κ3) is 4.77. The summed E-state index contributed by atoms with van der Waals surface area (Å²) >= 11 is 3.33. The topological polar surface area (TPSA) is 46.2 Å². The maximum absolute atomic E-state index is 12.0. The van der Waals surface area contributed by atoms with Gasteiger partial charge in [-0.15, -0.1) is 0 Å². The molecular weight excluding hydrogens is 302 g/mol. The third-order valence-electron chi connectivity index (χ3n) is 2.46. The van der Waals surface area contributed by atoms with E-state index in [9.17, 15) is 8.42 Å². The van der Waals surface area contributed by atoms with Crippen LogP contribution in [0.4, 0.5) is 0 Å².